The number of benzene rings is 2. The second-order valence-corrected chi connectivity index (χ2v) is 5.98. The number of nitrogens with two attached hydrogens (primary N) is 1. The summed E-state index contributed by atoms with van der Waals surface area (Å²) in [6.07, 6.45) is 0. The van der Waals surface area contributed by atoms with Crippen molar-refractivity contribution in [1.82, 2.24) is 0 Å². The highest BCUT2D eigenvalue weighted by molar-refractivity contribution is 5.97. The van der Waals surface area contributed by atoms with Gasteiger partial charge in [0.25, 0.3) is 0 Å². The average Bonchev–Trinajstić information content (AvgIpc) is 2.45. The SMILES string of the molecule is Cc1cccc(COc2cccc(NC(=O)C(C)(C)N)c2)c1.Cl. The largest absolute Gasteiger partial charge is 0.489 e. The third kappa shape index (κ3) is 5.93. The van der Waals surface area contributed by atoms with E-state index in [1.807, 2.05) is 43.3 Å². The van der Waals surface area contributed by atoms with Crippen molar-refractivity contribution in [1.29, 1.82) is 0 Å². The Bertz CT molecular complexity index is 666. The minimum atomic E-state index is -0.918. The fourth-order valence-corrected chi connectivity index (χ4v) is 1.92. The van der Waals surface area contributed by atoms with Gasteiger partial charge < -0.3 is 15.8 Å². The molecule has 124 valence electrons. The zero-order valence-electron chi connectivity index (χ0n) is 13.6. The minimum Gasteiger partial charge on any atom is -0.489 e. The van der Waals surface area contributed by atoms with Crippen molar-refractivity contribution in [2.24, 2.45) is 5.73 Å². The fourth-order valence-electron chi connectivity index (χ4n) is 1.92. The van der Waals surface area contributed by atoms with E-state index in [9.17, 15) is 4.79 Å². The molecule has 23 heavy (non-hydrogen) atoms. The zero-order chi connectivity index (χ0) is 16.2. The first-order valence-electron chi connectivity index (χ1n) is 7.23. The predicted molar refractivity (Wildman–Crippen MR) is 96.1 cm³/mol. The molecule has 0 aliphatic carbocycles. The van der Waals surface area contributed by atoms with E-state index in [4.69, 9.17) is 10.5 Å². The Morgan fingerprint density at radius 2 is 1.87 bits per heavy atom. The summed E-state index contributed by atoms with van der Waals surface area (Å²) in [5.74, 6) is 0.470. The van der Waals surface area contributed by atoms with Crippen molar-refractivity contribution in [2.45, 2.75) is 32.9 Å². The third-order valence-corrected chi connectivity index (χ3v) is 3.17. The van der Waals surface area contributed by atoms with E-state index in [-0.39, 0.29) is 18.3 Å². The Morgan fingerprint density at radius 3 is 2.52 bits per heavy atom. The van der Waals surface area contributed by atoms with E-state index in [2.05, 4.69) is 11.4 Å². The molecule has 0 atom stereocenters. The highest BCUT2D eigenvalue weighted by atomic mass is 35.5. The lowest BCUT2D eigenvalue weighted by molar-refractivity contribution is -0.120. The van der Waals surface area contributed by atoms with Crippen LogP contribution in [0.5, 0.6) is 5.75 Å². The van der Waals surface area contributed by atoms with Gasteiger partial charge in [0.05, 0.1) is 5.54 Å². The van der Waals surface area contributed by atoms with E-state index < -0.39 is 5.54 Å². The molecule has 2 aromatic carbocycles. The van der Waals surface area contributed by atoms with E-state index in [0.29, 0.717) is 18.0 Å². The summed E-state index contributed by atoms with van der Waals surface area (Å²) in [5, 5.41) is 2.79. The molecule has 0 saturated heterocycles. The lowest BCUT2D eigenvalue weighted by Crippen LogP contribution is -2.45. The number of anilines is 1. The summed E-state index contributed by atoms with van der Waals surface area (Å²) in [6, 6.07) is 15.5. The number of carbonyl (C=O) groups excluding carboxylic acids is 1. The molecule has 2 aromatic rings. The number of aryl methyl sites for hydroxylation is 1. The Hall–Kier alpha value is -2.04. The number of ether oxygens (including phenoxy) is 1. The molecule has 0 bridgehead atoms. The van der Waals surface area contributed by atoms with Crippen LogP contribution in [0.2, 0.25) is 0 Å². The normalized spacial score (nSPS) is 10.6. The van der Waals surface area contributed by atoms with Crippen LogP contribution in [0.1, 0.15) is 25.0 Å². The van der Waals surface area contributed by atoms with E-state index in [1.165, 1.54) is 5.56 Å². The molecule has 0 spiro atoms. The summed E-state index contributed by atoms with van der Waals surface area (Å²) in [6.45, 7) is 5.87. The van der Waals surface area contributed by atoms with Crippen LogP contribution >= 0.6 is 12.4 Å². The topological polar surface area (TPSA) is 64.3 Å². The molecule has 0 unspecified atom stereocenters. The summed E-state index contributed by atoms with van der Waals surface area (Å²) in [7, 11) is 0. The van der Waals surface area contributed by atoms with Crippen molar-refractivity contribution >= 4 is 24.0 Å². The van der Waals surface area contributed by atoms with Gasteiger partial charge in [-0.1, -0.05) is 35.9 Å². The van der Waals surface area contributed by atoms with Crippen LogP contribution in [0.4, 0.5) is 5.69 Å². The van der Waals surface area contributed by atoms with Gasteiger partial charge in [-0.3, -0.25) is 4.79 Å². The molecule has 0 saturated carbocycles. The van der Waals surface area contributed by atoms with Crippen LogP contribution < -0.4 is 15.8 Å². The zero-order valence-corrected chi connectivity index (χ0v) is 14.4. The fraction of sp³-hybridized carbons (Fsp3) is 0.278. The van der Waals surface area contributed by atoms with Gasteiger partial charge in [-0.2, -0.15) is 0 Å². The number of amides is 1. The highest BCUT2D eigenvalue weighted by Crippen LogP contribution is 2.19. The maximum Gasteiger partial charge on any atom is 0.243 e. The molecule has 0 aromatic heterocycles. The second-order valence-electron chi connectivity index (χ2n) is 5.98. The first kappa shape index (κ1) is 19.0. The van der Waals surface area contributed by atoms with Gasteiger partial charge >= 0.3 is 0 Å². The van der Waals surface area contributed by atoms with E-state index >= 15 is 0 Å². The second kappa shape index (κ2) is 7.99. The number of halogens is 1. The number of hydrogen-bond donors (Lipinski definition) is 2. The van der Waals surface area contributed by atoms with Crippen LogP contribution in [-0.2, 0) is 11.4 Å². The molecule has 0 heterocycles. The van der Waals surface area contributed by atoms with Gasteiger partial charge in [0.1, 0.15) is 12.4 Å². The lowest BCUT2D eigenvalue weighted by Gasteiger charge is -2.18. The quantitative estimate of drug-likeness (QED) is 0.876. The van der Waals surface area contributed by atoms with Crippen LogP contribution in [0.3, 0.4) is 0 Å². The van der Waals surface area contributed by atoms with Gasteiger partial charge in [0, 0.05) is 11.8 Å². The molecule has 0 aliphatic heterocycles. The molecule has 1 amide bonds. The third-order valence-electron chi connectivity index (χ3n) is 3.17. The molecule has 0 aliphatic rings. The Morgan fingerprint density at radius 1 is 1.17 bits per heavy atom. The summed E-state index contributed by atoms with van der Waals surface area (Å²) < 4.78 is 5.77. The van der Waals surface area contributed by atoms with Crippen LogP contribution in [0.25, 0.3) is 0 Å². The number of nitrogens with one attached hydrogen (secondary N) is 1. The molecule has 2 rings (SSSR count). The molecule has 0 radical (unpaired) electrons. The molecular formula is C18H23ClN2O2. The standard InChI is InChI=1S/C18H22N2O2.ClH/c1-13-6-4-7-14(10-13)12-22-16-9-5-8-15(11-16)20-17(21)18(2,3)19;/h4-11H,12,19H2,1-3H3,(H,20,21);1H. The summed E-state index contributed by atoms with van der Waals surface area (Å²) in [4.78, 5) is 11.9. The summed E-state index contributed by atoms with van der Waals surface area (Å²) in [5.41, 5.74) is 7.83. The molecule has 4 nitrogen and oxygen atoms in total. The summed E-state index contributed by atoms with van der Waals surface area (Å²) >= 11 is 0. The minimum absolute atomic E-state index is 0. The Kier molecular flexibility index (Phi) is 6.61. The Labute approximate surface area is 143 Å². The van der Waals surface area contributed by atoms with Crippen LogP contribution in [0, 0.1) is 6.92 Å². The number of carbonyl (C=O) groups is 1. The van der Waals surface area contributed by atoms with E-state index in [1.54, 1.807) is 19.9 Å². The van der Waals surface area contributed by atoms with Crippen molar-refractivity contribution in [3.05, 3.63) is 59.7 Å². The van der Waals surface area contributed by atoms with Gasteiger partial charge in [0.15, 0.2) is 0 Å². The average molecular weight is 335 g/mol. The molecule has 5 heteroatoms. The van der Waals surface area contributed by atoms with Crippen molar-refractivity contribution in [2.75, 3.05) is 5.32 Å². The number of hydrogen-bond acceptors (Lipinski definition) is 3. The van der Waals surface area contributed by atoms with Gasteiger partial charge in [-0.25, -0.2) is 0 Å². The van der Waals surface area contributed by atoms with Gasteiger partial charge in [-0.15, -0.1) is 12.4 Å². The van der Waals surface area contributed by atoms with Gasteiger partial charge in [0.2, 0.25) is 5.91 Å². The monoisotopic (exact) mass is 334 g/mol. The van der Waals surface area contributed by atoms with Crippen molar-refractivity contribution in [3.8, 4) is 5.75 Å². The van der Waals surface area contributed by atoms with Crippen molar-refractivity contribution < 1.29 is 9.53 Å². The molecule has 0 fully saturated rings. The lowest BCUT2D eigenvalue weighted by atomic mass is 10.1. The first-order chi connectivity index (χ1) is 10.3. The smallest absolute Gasteiger partial charge is 0.243 e. The number of rotatable bonds is 5. The predicted octanol–water partition coefficient (Wildman–Crippen LogP) is 3.67. The van der Waals surface area contributed by atoms with E-state index in [0.717, 1.165) is 5.56 Å². The maximum atomic E-state index is 11.9. The highest BCUT2D eigenvalue weighted by Gasteiger charge is 2.21. The van der Waals surface area contributed by atoms with Crippen LogP contribution in [0.15, 0.2) is 48.5 Å². The van der Waals surface area contributed by atoms with Crippen molar-refractivity contribution in [3.63, 3.8) is 0 Å². The van der Waals surface area contributed by atoms with Crippen LogP contribution in [-0.4, -0.2) is 11.4 Å². The maximum absolute atomic E-state index is 11.9. The van der Waals surface area contributed by atoms with Gasteiger partial charge in [-0.05, 0) is 38.5 Å². The molecule has 3 N–H and O–H groups in total. The Balaban J connectivity index is 0.00000264. The molecular weight excluding hydrogens is 312 g/mol. The first-order valence-corrected chi connectivity index (χ1v) is 7.23.